The minimum atomic E-state index is -4.23. The summed E-state index contributed by atoms with van der Waals surface area (Å²) in [5.74, 6) is 1.62. The molecule has 7 aromatic carbocycles. The predicted molar refractivity (Wildman–Crippen MR) is 314 cm³/mol. The van der Waals surface area contributed by atoms with Crippen LogP contribution in [0.25, 0.3) is 0 Å². The van der Waals surface area contributed by atoms with E-state index < -0.39 is 60.6 Å². The summed E-state index contributed by atoms with van der Waals surface area (Å²) in [7, 11) is -1.04. The third-order valence-electron chi connectivity index (χ3n) is 14.5. The Bertz CT molecular complexity index is 3270. The van der Waals surface area contributed by atoms with E-state index in [1.54, 1.807) is 20.3 Å². The van der Waals surface area contributed by atoms with E-state index in [1.165, 1.54) is 13.1 Å². The first-order chi connectivity index (χ1) is 39.1. The van der Waals surface area contributed by atoms with Crippen molar-refractivity contribution in [3.8, 4) is 11.5 Å². The molecule has 15 nitrogen and oxygen atoms in total. The third-order valence-corrected chi connectivity index (χ3v) is 17.2. The van der Waals surface area contributed by atoms with Crippen LogP contribution in [0.15, 0.2) is 217 Å². The van der Waals surface area contributed by atoms with Crippen LogP contribution in [-0.4, -0.2) is 82.5 Å². The van der Waals surface area contributed by atoms with E-state index in [2.05, 4.69) is 15.4 Å². The molecule has 5 atom stereocenters. The maximum absolute atomic E-state index is 14.6. The zero-order valence-electron chi connectivity index (χ0n) is 45.8. The van der Waals surface area contributed by atoms with Crippen LogP contribution in [0.1, 0.15) is 65.9 Å². The van der Waals surface area contributed by atoms with Crippen LogP contribution in [0.2, 0.25) is 0 Å². The number of methoxy groups -OCH3 is 2. The van der Waals surface area contributed by atoms with Crippen LogP contribution < -0.4 is 25.6 Å². The van der Waals surface area contributed by atoms with Gasteiger partial charge in [0.2, 0.25) is 0 Å². The summed E-state index contributed by atoms with van der Waals surface area (Å²) in [6, 6.07) is 65.5. The first-order valence-corrected chi connectivity index (χ1v) is 29.1. The number of nitrogens with zero attached hydrogens (tertiary/aromatic N) is 2. The minimum Gasteiger partial charge on any atom is -0.497 e. The molecule has 0 radical (unpaired) electrons. The molecule has 17 heteroatoms. The van der Waals surface area contributed by atoms with Gasteiger partial charge in [-0.15, -0.1) is 0 Å². The number of aromatic nitrogens is 2. The SMILES string of the molecule is COc1ccc(C(Nc2ccn([C@@H]3OC(COP(=O)(NCc4ccccc4)OCCSC(=O)C(C)(C)COC(c4ccccc4)(c4ccccc4)c4ccccc4)[C@@H](O)[C@@]3(C)O)c(=O)n2)(c2ccccc2)c2ccc(OC)cc2)cc1. The molecule has 1 saturated heterocycles. The zero-order valence-corrected chi connectivity index (χ0v) is 47.5. The monoisotopic (exact) mass is 1130 g/mol. The highest BCUT2D eigenvalue weighted by molar-refractivity contribution is 8.13. The Labute approximate surface area is 476 Å². The van der Waals surface area contributed by atoms with Gasteiger partial charge in [-0.25, -0.2) is 14.4 Å². The highest BCUT2D eigenvalue weighted by Crippen LogP contribution is 2.48. The molecule has 1 aliphatic heterocycles. The van der Waals surface area contributed by atoms with Crippen molar-refractivity contribution >= 4 is 30.4 Å². The molecule has 0 bridgehead atoms. The fourth-order valence-electron chi connectivity index (χ4n) is 10.0. The summed E-state index contributed by atoms with van der Waals surface area (Å²) in [4.78, 5) is 32.8. The zero-order chi connectivity index (χ0) is 57.1. The van der Waals surface area contributed by atoms with E-state index in [0.717, 1.165) is 55.3 Å². The number of aliphatic hydroxyl groups excluding tert-OH is 1. The van der Waals surface area contributed by atoms with E-state index >= 15 is 0 Å². The summed E-state index contributed by atoms with van der Waals surface area (Å²) in [6.07, 6.45) is -2.96. The first kappa shape index (κ1) is 58.4. The summed E-state index contributed by atoms with van der Waals surface area (Å²) in [5.41, 5.74) is -0.0137. The fourth-order valence-corrected chi connectivity index (χ4v) is 12.2. The summed E-state index contributed by atoms with van der Waals surface area (Å²) in [6.45, 7) is 4.44. The van der Waals surface area contributed by atoms with E-state index in [9.17, 15) is 24.4 Å². The standard InChI is InChI=1S/C64H67N4O11PS/c1-61(2,45-76-64(50-25-15-8-16-26-50,51-27-17-9-18-28-51)52-29-19-10-20-30-52)59(70)81-42-41-77-80(73,65-43-46-21-11-6-12-22-46)78-44-55-57(69)62(3,72)58(79-55)68-40-39-56(66-60(68)71)67-63(47-23-13-7-14-24-47,48-31-35-53(74-4)36-32-48)49-33-37-54(75-5)38-34-49/h6-40,55,57-58,69,72H,41-45H2,1-5H3,(H,65,73)(H,66,67,71)/t55?,57-,58-,62-,80?/m1/s1. The molecule has 4 N–H and O–H groups in total. The van der Waals surface area contributed by atoms with Crippen molar-refractivity contribution in [2.24, 2.45) is 5.41 Å². The Balaban J connectivity index is 0.894. The average Bonchev–Trinajstić information content (AvgIpc) is 3.84. The van der Waals surface area contributed by atoms with Gasteiger partial charge in [-0.2, -0.15) is 4.98 Å². The second kappa shape index (κ2) is 25.7. The highest BCUT2D eigenvalue weighted by Gasteiger charge is 2.54. The number of nitrogens with one attached hydrogen (secondary N) is 2. The number of rotatable bonds is 25. The van der Waals surface area contributed by atoms with Crippen LogP contribution in [-0.2, 0) is 45.6 Å². The molecule has 2 unspecified atom stereocenters. The maximum Gasteiger partial charge on any atom is 0.405 e. The quantitative estimate of drug-likeness (QED) is 0.0240. The molecule has 1 aliphatic rings. The number of aliphatic hydroxyl groups is 2. The smallest absolute Gasteiger partial charge is 0.405 e. The maximum atomic E-state index is 14.6. The van der Waals surface area contributed by atoms with Gasteiger partial charge in [-0.05, 0) is 90.0 Å². The molecular formula is C64H67N4O11PS. The second-order valence-corrected chi connectivity index (χ2v) is 23.3. The fraction of sp³-hybridized carbons (Fsp3) is 0.266. The largest absolute Gasteiger partial charge is 0.497 e. The molecule has 0 spiro atoms. The molecule has 9 rings (SSSR count). The summed E-state index contributed by atoms with van der Waals surface area (Å²) in [5, 5.41) is 29.8. The molecule has 0 aliphatic carbocycles. The Morgan fingerprint density at radius 3 is 1.64 bits per heavy atom. The van der Waals surface area contributed by atoms with Gasteiger partial charge in [0.25, 0.3) is 0 Å². The van der Waals surface area contributed by atoms with Crippen molar-refractivity contribution in [3.63, 3.8) is 0 Å². The van der Waals surface area contributed by atoms with Gasteiger partial charge in [-0.3, -0.25) is 18.4 Å². The van der Waals surface area contributed by atoms with Crippen LogP contribution in [0.4, 0.5) is 5.82 Å². The van der Waals surface area contributed by atoms with Gasteiger partial charge in [0.15, 0.2) is 11.3 Å². The lowest BCUT2D eigenvalue weighted by molar-refractivity contribution is -0.124. The van der Waals surface area contributed by atoms with E-state index in [1.807, 2.05) is 214 Å². The Kier molecular flexibility index (Phi) is 18.6. The number of carbonyl (C=O) groups excluding carboxylic acids is 1. The van der Waals surface area contributed by atoms with Gasteiger partial charge in [0, 0.05) is 18.5 Å². The average molecular weight is 1130 g/mol. The van der Waals surface area contributed by atoms with E-state index in [-0.39, 0.29) is 36.4 Å². The van der Waals surface area contributed by atoms with Gasteiger partial charge >= 0.3 is 13.4 Å². The molecule has 0 amide bonds. The Morgan fingerprint density at radius 1 is 0.691 bits per heavy atom. The number of anilines is 1. The van der Waals surface area contributed by atoms with Crippen LogP contribution >= 0.6 is 19.5 Å². The van der Waals surface area contributed by atoms with Crippen LogP contribution in [0.5, 0.6) is 11.5 Å². The molecule has 2 heterocycles. The number of hydrogen-bond donors (Lipinski definition) is 4. The lowest BCUT2D eigenvalue weighted by atomic mass is 9.77. The van der Waals surface area contributed by atoms with Crippen LogP contribution in [0, 0.1) is 5.41 Å². The van der Waals surface area contributed by atoms with Gasteiger partial charge in [0.05, 0.1) is 39.5 Å². The van der Waals surface area contributed by atoms with E-state index in [0.29, 0.717) is 11.5 Å². The molecule has 8 aromatic rings. The van der Waals surface area contributed by atoms with Crippen molar-refractivity contribution in [2.45, 2.75) is 62.5 Å². The van der Waals surface area contributed by atoms with Crippen molar-refractivity contribution in [1.82, 2.24) is 14.6 Å². The lowest BCUT2D eigenvalue weighted by Crippen LogP contribution is -2.46. The molecule has 81 heavy (non-hydrogen) atoms. The van der Waals surface area contributed by atoms with Crippen molar-refractivity contribution in [1.29, 1.82) is 0 Å². The molecular weight excluding hydrogens is 1060 g/mol. The topological polar surface area (TPSA) is 189 Å². The van der Waals surface area contributed by atoms with Gasteiger partial charge in [0.1, 0.15) is 46.3 Å². The number of thioether (sulfide) groups is 1. The molecule has 420 valence electrons. The summed E-state index contributed by atoms with van der Waals surface area (Å²) < 4.78 is 52.0. The number of ether oxygens (including phenoxy) is 4. The highest BCUT2D eigenvalue weighted by atomic mass is 32.2. The second-order valence-electron chi connectivity index (χ2n) is 20.4. The minimum absolute atomic E-state index is 0.0560. The van der Waals surface area contributed by atoms with E-state index in [4.69, 9.17) is 28.0 Å². The third kappa shape index (κ3) is 13.0. The van der Waals surface area contributed by atoms with Crippen molar-refractivity contribution in [2.75, 3.05) is 45.1 Å². The van der Waals surface area contributed by atoms with Gasteiger partial charge in [-0.1, -0.05) is 188 Å². The summed E-state index contributed by atoms with van der Waals surface area (Å²) >= 11 is 1.02. The van der Waals surface area contributed by atoms with Gasteiger partial charge < -0.3 is 34.5 Å². The predicted octanol–water partition coefficient (Wildman–Crippen LogP) is 10.9. The normalized spacial score (nSPS) is 18.2. The Hall–Kier alpha value is -7.21. The lowest BCUT2D eigenvalue weighted by Gasteiger charge is -2.38. The van der Waals surface area contributed by atoms with Crippen molar-refractivity contribution in [3.05, 3.63) is 262 Å². The molecule has 0 saturated carbocycles. The van der Waals surface area contributed by atoms with Crippen molar-refractivity contribution < 1.29 is 47.6 Å². The molecule has 1 aromatic heterocycles. The number of benzene rings is 7. The molecule has 1 fully saturated rings. The number of carbonyl (C=O) groups is 1. The van der Waals surface area contributed by atoms with Crippen LogP contribution in [0.3, 0.4) is 0 Å². The Morgan fingerprint density at radius 2 is 1.16 bits per heavy atom. The number of hydrogen-bond acceptors (Lipinski definition) is 14. The first-order valence-electron chi connectivity index (χ1n) is 26.6.